The molecule has 1 amide bonds. The number of nitrogens with one attached hydrogen (secondary N) is 1. The van der Waals surface area contributed by atoms with E-state index in [1.54, 1.807) is 22.8 Å². The second kappa shape index (κ2) is 9.72. The van der Waals surface area contributed by atoms with Crippen molar-refractivity contribution >= 4 is 17.9 Å². The van der Waals surface area contributed by atoms with Crippen molar-refractivity contribution in [3.8, 4) is 11.1 Å². The van der Waals surface area contributed by atoms with Crippen LogP contribution in [0.4, 0.5) is 20.3 Å². The SMILES string of the molecule is CCCC(CCC)n1nc(Nc2ccc(-c3cnn(C)c3)c(F)c2F)c2c1CCN(C=O)C2. The number of aryl methyl sites for hydroxylation is 1. The Morgan fingerprint density at radius 2 is 1.94 bits per heavy atom. The third-order valence-electron chi connectivity index (χ3n) is 6.21. The highest BCUT2D eigenvalue weighted by molar-refractivity contribution is 5.69. The van der Waals surface area contributed by atoms with E-state index in [2.05, 4.69) is 24.3 Å². The summed E-state index contributed by atoms with van der Waals surface area (Å²) in [6.07, 6.45) is 8.67. The zero-order valence-corrected chi connectivity index (χ0v) is 19.3. The van der Waals surface area contributed by atoms with Gasteiger partial charge in [0.1, 0.15) is 0 Å². The van der Waals surface area contributed by atoms with E-state index in [1.165, 1.54) is 18.3 Å². The summed E-state index contributed by atoms with van der Waals surface area (Å²) >= 11 is 0. The van der Waals surface area contributed by atoms with Crippen LogP contribution in [0.5, 0.6) is 0 Å². The van der Waals surface area contributed by atoms with Crippen LogP contribution in [-0.4, -0.2) is 37.4 Å². The highest BCUT2D eigenvalue weighted by Gasteiger charge is 2.28. The maximum Gasteiger partial charge on any atom is 0.210 e. The van der Waals surface area contributed by atoms with Crippen LogP contribution < -0.4 is 5.32 Å². The normalized spacial score (nSPS) is 13.5. The van der Waals surface area contributed by atoms with Crippen molar-refractivity contribution in [1.29, 1.82) is 0 Å². The van der Waals surface area contributed by atoms with E-state index in [4.69, 9.17) is 5.10 Å². The van der Waals surface area contributed by atoms with E-state index in [-0.39, 0.29) is 17.3 Å². The molecule has 0 aliphatic carbocycles. The number of anilines is 2. The van der Waals surface area contributed by atoms with Crippen LogP contribution >= 0.6 is 0 Å². The molecule has 1 aliphatic heterocycles. The number of hydrogen-bond acceptors (Lipinski definition) is 4. The molecular formula is C24H30F2N6O. The van der Waals surface area contributed by atoms with Crippen LogP contribution in [-0.2, 0) is 24.8 Å². The Bertz CT molecular complexity index is 1130. The van der Waals surface area contributed by atoms with Crippen LogP contribution in [0.3, 0.4) is 0 Å². The van der Waals surface area contributed by atoms with Crippen LogP contribution in [0, 0.1) is 11.6 Å². The second-order valence-electron chi connectivity index (χ2n) is 8.59. The Hall–Kier alpha value is -3.23. The molecule has 3 aromatic rings. The minimum Gasteiger partial charge on any atom is -0.340 e. The van der Waals surface area contributed by atoms with Gasteiger partial charge in [-0.3, -0.25) is 14.2 Å². The molecule has 1 aliphatic rings. The third kappa shape index (κ3) is 4.49. The molecule has 0 saturated carbocycles. The van der Waals surface area contributed by atoms with Gasteiger partial charge in [0.15, 0.2) is 17.5 Å². The quantitative estimate of drug-likeness (QED) is 0.462. The van der Waals surface area contributed by atoms with E-state index in [0.29, 0.717) is 30.9 Å². The minimum absolute atomic E-state index is 0.0124. The Labute approximate surface area is 192 Å². The number of halogens is 2. The van der Waals surface area contributed by atoms with Crippen LogP contribution in [0.2, 0.25) is 0 Å². The Balaban J connectivity index is 1.72. The predicted octanol–water partition coefficient (Wildman–Crippen LogP) is 4.96. The van der Waals surface area contributed by atoms with Gasteiger partial charge in [0.25, 0.3) is 0 Å². The highest BCUT2D eigenvalue weighted by atomic mass is 19.2. The first-order valence-electron chi connectivity index (χ1n) is 11.5. The smallest absolute Gasteiger partial charge is 0.210 e. The van der Waals surface area contributed by atoms with Gasteiger partial charge in [-0.05, 0) is 25.0 Å². The first kappa shape index (κ1) is 22.9. The zero-order valence-electron chi connectivity index (χ0n) is 19.3. The topological polar surface area (TPSA) is 68.0 Å². The predicted molar refractivity (Wildman–Crippen MR) is 123 cm³/mol. The number of nitrogens with zero attached hydrogens (tertiary/aromatic N) is 5. The molecule has 1 N–H and O–H groups in total. The molecule has 0 unspecified atom stereocenters. The Morgan fingerprint density at radius 1 is 1.18 bits per heavy atom. The summed E-state index contributed by atoms with van der Waals surface area (Å²) in [4.78, 5) is 13.1. The molecule has 4 rings (SSSR count). The lowest BCUT2D eigenvalue weighted by molar-refractivity contribution is -0.118. The van der Waals surface area contributed by atoms with Crippen LogP contribution in [0.15, 0.2) is 24.5 Å². The summed E-state index contributed by atoms with van der Waals surface area (Å²) < 4.78 is 33.6. The number of carbonyl (C=O) groups excluding carboxylic acids is 1. The third-order valence-corrected chi connectivity index (χ3v) is 6.21. The minimum atomic E-state index is -0.971. The van der Waals surface area contributed by atoms with Gasteiger partial charge in [0, 0.05) is 48.6 Å². The maximum absolute atomic E-state index is 15.1. The second-order valence-corrected chi connectivity index (χ2v) is 8.59. The summed E-state index contributed by atoms with van der Waals surface area (Å²) in [5.74, 6) is -1.44. The van der Waals surface area contributed by atoms with Gasteiger partial charge in [-0.2, -0.15) is 10.2 Å². The largest absolute Gasteiger partial charge is 0.340 e. The summed E-state index contributed by atoms with van der Waals surface area (Å²) in [6.45, 7) is 5.31. The fourth-order valence-corrected chi connectivity index (χ4v) is 4.57. The molecule has 9 heteroatoms. The van der Waals surface area contributed by atoms with E-state index >= 15 is 4.39 Å². The first-order chi connectivity index (χ1) is 16.0. The molecule has 0 spiro atoms. The molecular weight excluding hydrogens is 426 g/mol. The van der Waals surface area contributed by atoms with Gasteiger partial charge in [-0.15, -0.1) is 0 Å². The van der Waals surface area contributed by atoms with Crippen molar-refractivity contribution in [3.63, 3.8) is 0 Å². The average molecular weight is 457 g/mol. The van der Waals surface area contributed by atoms with E-state index in [1.807, 2.05) is 4.68 Å². The molecule has 33 heavy (non-hydrogen) atoms. The van der Waals surface area contributed by atoms with Crippen LogP contribution in [0.1, 0.15) is 56.8 Å². The molecule has 3 heterocycles. The summed E-state index contributed by atoms with van der Waals surface area (Å²) in [7, 11) is 1.72. The van der Waals surface area contributed by atoms with E-state index < -0.39 is 11.6 Å². The lowest BCUT2D eigenvalue weighted by Crippen LogP contribution is -2.30. The van der Waals surface area contributed by atoms with Gasteiger partial charge in [-0.25, -0.2) is 8.78 Å². The zero-order chi connectivity index (χ0) is 23.5. The number of fused-ring (bicyclic) bond motifs is 1. The van der Waals surface area contributed by atoms with Gasteiger partial charge in [0.05, 0.1) is 24.5 Å². The van der Waals surface area contributed by atoms with Crippen molar-refractivity contribution < 1.29 is 13.6 Å². The van der Waals surface area contributed by atoms with Crippen molar-refractivity contribution in [3.05, 3.63) is 47.4 Å². The molecule has 1 aromatic carbocycles. The number of aromatic nitrogens is 4. The Kier molecular flexibility index (Phi) is 6.76. The van der Waals surface area contributed by atoms with Gasteiger partial charge >= 0.3 is 0 Å². The maximum atomic E-state index is 15.1. The number of hydrogen-bond donors (Lipinski definition) is 1. The molecule has 0 saturated heterocycles. The van der Waals surface area contributed by atoms with Gasteiger partial charge in [0.2, 0.25) is 6.41 Å². The monoisotopic (exact) mass is 456 g/mol. The van der Waals surface area contributed by atoms with Crippen molar-refractivity contribution in [2.75, 3.05) is 11.9 Å². The van der Waals surface area contributed by atoms with Gasteiger partial charge in [-0.1, -0.05) is 26.7 Å². The molecule has 0 atom stereocenters. The molecule has 0 bridgehead atoms. The fourth-order valence-electron chi connectivity index (χ4n) is 4.57. The first-order valence-corrected chi connectivity index (χ1v) is 11.5. The number of benzene rings is 1. The highest BCUT2D eigenvalue weighted by Crippen LogP contribution is 2.35. The van der Waals surface area contributed by atoms with Crippen LogP contribution in [0.25, 0.3) is 11.1 Å². The lowest BCUT2D eigenvalue weighted by atomic mass is 10.0. The molecule has 2 aromatic heterocycles. The molecule has 0 radical (unpaired) electrons. The van der Waals surface area contributed by atoms with Gasteiger partial charge < -0.3 is 10.2 Å². The molecule has 176 valence electrons. The fraction of sp³-hybridized carbons (Fsp3) is 0.458. The average Bonchev–Trinajstić information content (AvgIpc) is 3.40. The molecule has 7 nitrogen and oxygen atoms in total. The summed E-state index contributed by atoms with van der Waals surface area (Å²) in [6, 6.07) is 3.29. The Morgan fingerprint density at radius 3 is 2.58 bits per heavy atom. The number of amides is 1. The number of carbonyl (C=O) groups is 1. The van der Waals surface area contributed by atoms with Crippen molar-refractivity contribution in [2.24, 2.45) is 7.05 Å². The van der Waals surface area contributed by atoms with Crippen molar-refractivity contribution in [1.82, 2.24) is 24.5 Å². The van der Waals surface area contributed by atoms with Crippen molar-refractivity contribution in [2.45, 2.75) is 58.5 Å². The molecule has 0 fully saturated rings. The summed E-state index contributed by atoms with van der Waals surface area (Å²) in [5, 5.41) is 11.9. The summed E-state index contributed by atoms with van der Waals surface area (Å²) in [5.41, 5.74) is 2.60. The lowest BCUT2D eigenvalue weighted by Gasteiger charge is -2.26. The van der Waals surface area contributed by atoms with E-state index in [9.17, 15) is 9.18 Å². The van der Waals surface area contributed by atoms with E-state index in [0.717, 1.165) is 43.4 Å². The standard InChI is InChI=1S/C24H30F2N6O/c1-4-6-17(7-5-2)32-21-10-11-31(15-33)14-19(21)24(29-32)28-20-9-8-18(22(25)23(20)26)16-12-27-30(3)13-16/h8-9,12-13,15,17H,4-7,10-11,14H2,1-3H3,(H,28,29). The number of rotatable bonds is 9.